The van der Waals surface area contributed by atoms with Gasteiger partial charge in [-0.3, -0.25) is 4.99 Å². The van der Waals surface area contributed by atoms with Crippen molar-refractivity contribution in [3.8, 4) is 5.69 Å². The number of aromatic nitrogens is 3. The molecule has 162 valence electrons. The summed E-state index contributed by atoms with van der Waals surface area (Å²) in [6.07, 6.45) is 4.36. The average Bonchev–Trinajstić information content (AvgIpc) is 3.34. The topological polar surface area (TPSA) is 80.3 Å². The molecule has 0 atom stereocenters. The molecule has 30 heavy (non-hydrogen) atoms. The second-order valence-electron chi connectivity index (χ2n) is 7.70. The Bertz CT molecular complexity index is 959. The van der Waals surface area contributed by atoms with E-state index in [0.717, 1.165) is 23.6 Å². The normalized spacial score (nSPS) is 11.8. The van der Waals surface area contributed by atoms with Gasteiger partial charge in [0, 0.05) is 31.6 Å². The summed E-state index contributed by atoms with van der Waals surface area (Å²) in [7, 11) is 1.72. The van der Waals surface area contributed by atoms with E-state index in [1.54, 1.807) is 30.1 Å². The fourth-order valence-electron chi connectivity index (χ4n) is 2.66. The van der Waals surface area contributed by atoms with E-state index < -0.39 is 0 Å². The van der Waals surface area contributed by atoms with Crippen molar-refractivity contribution in [2.45, 2.75) is 39.2 Å². The highest BCUT2D eigenvalue weighted by molar-refractivity contribution is 14.0. The molecule has 2 aromatic heterocycles. The Labute approximate surface area is 193 Å². The Balaban J connectivity index is 0.00000320. The molecule has 0 amide bonds. The molecule has 1 aromatic carbocycles. The number of aliphatic imine (C=N–C) groups is 1. The summed E-state index contributed by atoms with van der Waals surface area (Å²) in [5, 5.41) is 11.0. The number of oxazole rings is 1. The summed E-state index contributed by atoms with van der Waals surface area (Å²) in [4.78, 5) is 8.52. The van der Waals surface area contributed by atoms with Crippen LogP contribution in [0, 0.1) is 5.82 Å². The molecule has 0 unspecified atom stereocenters. The predicted octanol–water partition coefficient (Wildman–Crippen LogP) is 3.82. The Hall–Kier alpha value is -2.43. The highest BCUT2D eigenvalue weighted by Crippen LogP contribution is 2.22. The summed E-state index contributed by atoms with van der Waals surface area (Å²) < 4.78 is 20.6. The smallest absolute Gasteiger partial charge is 0.213 e. The molecule has 0 spiro atoms. The first-order chi connectivity index (χ1) is 13.8. The van der Waals surface area contributed by atoms with Gasteiger partial charge in [0.2, 0.25) is 5.89 Å². The van der Waals surface area contributed by atoms with E-state index in [2.05, 4.69) is 46.5 Å². The molecule has 3 aromatic rings. The van der Waals surface area contributed by atoms with Gasteiger partial charge in [-0.05, 0) is 30.3 Å². The predicted molar refractivity (Wildman–Crippen MR) is 126 cm³/mol. The summed E-state index contributed by atoms with van der Waals surface area (Å²) in [6.45, 7) is 7.38. The van der Waals surface area contributed by atoms with E-state index in [1.165, 1.54) is 12.1 Å². The van der Waals surface area contributed by atoms with Crippen LogP contribution >= 0.6 is 24.0 Å². The minimum absolute atomic E-state index is 0. The van der Waals surface area contributed by atoms with Crippen LogP contribution in [0.3, 0.4) is 0 Å². The van der Waals surface area contributed by atoms with E-state index in [0.29, 0.717) is 24.9 Å². The molecule has 0 aliphatic carbocycles. The third-order valence-corrected chi connectivity index (χ3v) is 4.33. The monoisotopic (exact) mass is 526 g/mol. The molecule has 2 N–H and O–H groups in total. The number of rotatable bonds is 6. The van der Waals surface area contributed by atoms with Crippen molar-refractivity contribution in [3.63, 3.8) is 0 Å². The summed E-state index contributed by atoms with van der Waals surface area (Å²) in [6, 6.07) is 8.19. The quantitative estimate of drug-likeness (QED) is 0.290. The van der Waals surface area contributed by atoms with Gasteiger partial charge in [0.1, 0.15) is 11.6 Å². The molecule has 0 aliphatic rings. The van der Waals surface area contributed by atoms with Crippen LogP contribution in [0.2, 0.25) is 0 Å². The Kier molecular flexibility index (Phi) is 8.39. The number of hydrogen-bond acceptors (Lipinski definition) is 4. The zero-order chi connectivity index (χ0) is 20.9. The lowest BCUT2D eigenvalue weighted by molar-refractivity contribution is 0.379. The van der Waals surface area contributed by atoms with Gasteiger partial charge in [-0.15, -0.1) is 24.0 Å². The highest BCUT2D eigenvalue weighted by atomic mass is 127. The van der Waals surface area contributed by atoms with Crippen molar-refractivity contribution in [2.24, 2.45) is 4.99 Å². The van der Waals surface area contributed by atoms with Crippen molar-refractivity contribution in [1.82, 2.24) is 25.4 Å². The zero-order valence-corrected chi connectivity index (χ0v) is 20.0. The van der Waals surface area contributed by atoms with Crippen molar-refractivity contribution >= 4 is 29.9 Å². The SMILES string of the molecule is CN=C(NCCc1ccn(-c2ccc(F)cc2)n1)NCc1ncc(C(C)(C)C)o1.I. The molecule has 0 aliphatic heterocycles. The highest BCUT2D eigenvalue weighted by Gasteiger charge is 2.19. The number of hydrogen-bond donors (Lipinski definition) is 2. The maximum atomic E-state index is 13.0. The molecule has 3 rings (SSSR count). The largest absolute Gasteiger partial charge is 0.443 e. The van der Waals surface area contributed by atoms with E-state index in [4.69, 9.17) is 4.42 Å². The number of nitrogens with one attached hydrogen (secondary N) is 2. The van der Waals surface area contributed by atoms with E-state index in [9.17, 15) is 4.39 Å². The van der Waals surface area contributed by atoms with E-state index in [-0.39, 0.29) is 35.2 Å². The Morgan fingerprint density at radius 1 is 1.17 bits per heavy atom. The van der Waals surface area contributed by atoms with Crippen LogP contribution in [-0.2, 0) is 18.4 Å². The van der Waals surface area contributed by atoms with E-state index in [1.807, 2.05) is 12.3 Å². The first-order valence-electron chi connectivity index (χ1n) is 9.55. The van der Waals surface area contributed by atoms with Gasteiger partial charge in [-0.2, -0.15) is 5.10 Å². The van der Waals surface area contributed by atoms with Crippen LogP contribution in [-0.4, -0.2) is 34.3 Å². The van der Waals surface area contributed by atoms with Gasteiger partial charge < -0.3 is 15.1 Å². The lowest BCUT2D eigenvalue weighted by Crippen LogP contribution is -2.38. The second-order valence-corrected chi connectivity index (χ2v) is 7.70. The number of guanidine groups is 1. The molecule has 0 fully saturated rings. The maximum absolute atomic E-state index is 13.0. The summed E-state index contributed by atoms with van der Waals surface area (Å²) in [5.41, 5.74) is 1.69. The average molecular weight is 526 g/mol. The van der Waals surface area contributed by atoms with Crippen LogP contribution in [0.15, 0.2) is 52.1 Å². The number of benzene rings is 1. The minimum atomic E-state index is -0.261. The maximum Gasteiger partial charge on any atom is 0.213 e. The molecular formula is C21H28FIN6O. The van der Waals surface area contributed by atoms with Gasteiger partial charge in [0.15, 0.2) is 5.96 Å². The molecule has 0 saturated heterocycles. The third-order valence-electron chi connectivity index (χ3n) is 4.33. The summed E-state index contributed by atoms with van der Waals surface area (Å²) in [5.74, 6) is 1.88. The van der Waals surface area contributed by atoms with Crippen LogP contribution in [0.4, 0.5) is 4.39 Å². The van der Waals surface area contributed by atoms with Crippen LogP contribution in [0.25, 0.3) is 5.69 Å². The van der Waals surface area contributed by atoms with Crippen molar-refractivity contribution in [3.05, 3.63) is 65.9 Å². The first-order valence-corrected chi connectivity index (χ1v) is 9.55. The van der Waals surface area contributed by atoms with Crippen LogP contribution < -0.4 is 10.6 Å². The van der Waals surface area contributed by atoms with Crippen molar-refractivity contribution < 1.29 is 8.81 Å². The van der Waals surface area contributed by atoms with Crippen LogP contribution in [0.1, 0.15) is 38.1 Å². The van der Waals surface area contributed by atoms with Gasteiger partial charge in [0.05, 0.1) is 24.1 Å². The van der Waals surface area contributed by atoms with Crippen LogP contribution in [0.5, 0.6) is 0 Å². The van der Waals surface area contributed by atoms with Gasteiger partial charge in [-0.25, -0.2) is 14.1 Å². The Morgan fingerprint density at radius 3 is 2.53 bits per heavy atom. The molecule has 9 heteroatoms. The number of nitrogens with zero attached hydrogens (tertiary/aromatic N) is 4. The van der Waals surface area contributed by atoms with Gasteiger partial charge in [0.25, 0.3) is 0 Å². The number of halogens is 2. The second kappa shape index (κ2) is 10.6. The molecule has 7 nitrogen and oxygen atoms in total. The fraction of sp³-hybridized carbons (Fsp3) is 0.381. The molecule has 0 saturated carbocycles. The molecule has 2 heterocycles. The van der Waals surface area contributed by atoms with Crippen molar-refractivity contribution in [1.29, 1.82) is 0 Å². The summed E-state index contributed by atoms with van der Waals surface area (Å²) >= 11 is 0. The fourth-order valence-corrected chi connectivity index (χ4v) is 2.66. The zero-order valence-electron chi connectivity index (χ0n) is 17.6. The lowest BCUT2D eigenvalue weighted by atomic mass is 9.94. The first kappa shape index (κ1) is 23.8. The van der Waals surface area contributed by atoms with Gasteiger partial charge in [-0.1, -0.05) is 20.8 Å². The minimum Gasteiger partial charge on any atom is -0.443 e. The van der Waals surface area contributed by atoms with Crippen molar-refractivity contribution in [2.75, 3.05) is 13.6 Å². The molecule has 0 radical (unpaired) electrons. The third kappa shape index (κ3) is 6.54. The van der Waals surface area contributed by atoms with Gasteiger partial charge >= 0.3 is 0 Å². The Morgan fingerprint density at radius 2 is 1.90 bits per heavy atom. The standard InChI is InChI=1S/C21H27FN6O.HI/c1-21(2,3)18-13-25-19(29-18)14-26-20(23-4)24-11-9-16-10-12-28(27-16)17-7-5-15(22)6-8-17;/h5-8,10,12-13H,9,11,14H2,1-4H3,(H2,23,24,26);1H. The molecular weight excluding hydrogens is 498 g/mol. The molecule has 0 bridgehead atoms. The van der Waals surface area contributed by atoms with E-state index >= 15 is 0 Å². The lowest BCUT2D eigenvalue weighted by Gasteiger charge is -2.13.